The minimum atomic E-state index is -4.93. The number of halogens is 3. The Morgan fingerprint density at radius 1 is 1.28 bits per heavy atom. The van der Waals surface area contributed by atoms with Crippen molar-refractivity contribution < 1.29 is 21.8 Å². The van der Waals surface area contributed by atoms with Crippen LogP contribution >= 0.6 is 23.2 Å². The summed E-state index contributed by atoms with van der Waals surface area (Å²) in [7, 11) is -2.06. The second kappa shape index (κ2) is 5.29. The molecule has 0 saturated carbocycles. The third-order valence-electron chi connectivity index (χ3n) is 1.81. The zero-order valence-corrected chi connectivity index (χ0v) is 11.6. The van der Waals surface area contributed by atoms with Gasteiger partial charge in [0.25, 0.3) is 0 Å². The third-order valence-corrected chi connectivity index (χ3v) is 3.17. The van der Waals surface area contributed by atoms with Crippen molar-refractivity contribution in [3.8, 4) is 5.75 Å². The lowest BCUT2D eigenvalue weighted by molar-refractivity contribution is 0.172. The molecule has 1 aromatic carbocycles. The average molecular weight is 316 g/mol. The molecule has 0 unspecified atom stereocenters. The van der Waals surface area contributed by atoms with E-state index in [0.717, 1.165) is 17.0 Å². The second-order valence-corrected chi connectivity index (χ2v) is 5.58. The standard InChI is InChI=1S/C9H8Cl2FNO4S/c1-13(2)9(14)17-8-6(10)3-5(4-7(8)11)18(12,15)16/h3-4H,1-2H3. The van der Waals surface area contributed by atoms with Gasteiger partial charge in [0.05, 0.1) is 10.0 Å². The number of carbonyl (C=O) groups excluding carboxylic acids is 1. The minimum absolute atomic E-state index is 0.232. The number of rotatable bonds is 2. The molecule has 1 aromatic rings. The van der Waals surface area contributed by atoms with Gasteiger partial charge in [0.2, 0.25) is 0 Å². The van der Waals surface area contributed by atoms with Crippen LogP contribution in [0.4, 0.5) is 8.68 Å². The van der Waals surface area contributed by atoms with Crippen molar-refractivity contribution in [3.05, 3.63) is 22.2 Å². The quantitative estimate of drug-likeness (QED) is 0.787. The smallest absolute Gasteiger partial charge is 0.407 e. The number of hydrogen-bond donors (Lipinski definition) is 0. The van der Waals surface area contributed by atoms with E-state index in [4.69, 9.17) is 27.9 Å². The van der Waals surface area contributed by atoms with E-state index in [2.05, 4.69) is 0 Å². The van der Waals surface area contributed by atoms with Crippen molar-refractivity contribution in [3.63, 3.8) is 0 Å². The lowest BCUT2D eigenvalue weighted by Crippen LogP contribution is -2.25. The zero-order valence-electron chi connectivity index (χ0n) is 9.28. The molecular formula is C9H8Cl2FNO4S. The fraction of sp³-hybridized carbons (Fsp3) is 0.222. The predicted molar refractivity (Wildman–Crippen MR) is 64.5 cm³/mol. The molecule has 0 aliphatic carbocycles. The number of hydrogen-bond acceptors (Lipinski definition) is 4. The van der Waals surface area contributed by atoms with Crippen LogP contribution < -0.4 is 4.74 Å². The predicted octanol–water partition coefficient (Wildman–Crippen LogP) is 2.71. The zero-order chi connectivity index (χ0) is 14.1. The fourth-order valence-electron chi connectivity index (χ4n) is 0.954. The number of benzene rings is 1. The highest BCUT2D eigenvalue weighted by Crippen LogP contribution is 2.36. The van der Waals surface area contributed by atoms with Crippen molar-refractivity contribution in [2.45, 2.75) is 4.90 Å². The van der Waals surface area contributed by atoms with Gasteiger partial charge in [0, 0.05) is 14.1 Å². The van der Waals surface area contributed by atoms with Gasteiger partial charge in [-0.25, -0.2) is 4.79 Å². The van der Waals surface area contributed by atoms with Crippen molar-refractivity contribution >= 4 is 39.5 Å². The SMILES string of the molecule is CN(C)C(=O)Oc1c(Cl)cc(S(=O)(=O)F)cc1Cl. The van der Waals surface area contributed by atoms with Crippen molar-refractivity contribution in [2.24, 2.45) is 0 Å². The molecule has 1 amide bonds. The van der Waals surface area contributed by atoms with E-state index in [1.54, 1.807) is 0 Å². The molecule has 0 fully saturated rings. The van der Waals surface area contributed by atoms with E-state index in [1.807, 2.05) is 0 Å². The summed E-state index contributed by atoms with van der Waals surface area (Å²) >= 11 is 11.4. The van der Waals surface area contributed by atoms with Gasteiger partial charge >= 0.3 is 16.3 Å². The molecule has 0 saturated heterocycles. The Morgan fingerprint density at radius 2 is 1.72 bits per heavy atom. The van der Waals surface area contributed by atoms with Gasteiger partial charge in [-0.05, 0) is 12.1 Å². The van der Waals surface area contributed by atoms with Crippen LogP contribution in [-0.4, -0.2) is 33.5 Å². The summed E-state index contributed by atoms with van der Waals surface area (Å²) in [4.78, 5) is 11.7. The maximum atomic E-state index is 12.7. The Hall–Kier alpha value is -1.05. The Bertz CT molecular complexity index is 565. The summed E-state index contributed by atoms with van der Waals surface area (Å²) in [6.45, 7) is 0. The molecule has 1 rings (SSSR count). The normalized spacial score (nSPS) is 11.2. The first-order valence-corrected chi connectivity index (χ1v) is 6.59. The Kier molecular flexibility index (Phi) is 4.41. The highest BCUT2D eigenvalue weighted by molar-refractivity contribution is 7.86. The van der Waals surface area contributed by atoms with Crippen molar-refractivity contribution in [1.82, 2.24) is 4.90 Å². The molecule has 0 aliphatic rings. The lowest BCUT2D eigenvalue weighted by Gasteiger charge is -2.13. The second-order valence-electron chi connectivity index (χ2n) is 3.42. The first-order chi connectivity index (χ1) is 8.12. The molecule has 0 radical (unpaired) electrons. The van der Waals surface area contributed by atoms with Crippen LogP contribution in [0.15, 0.2) is 17.0 Å². The van der Waals surface area contributed by atoms with E-state index in [1.165, 1.54) is 14.1 Å². The molecule has 9 heteroatoms. The molecule has 0 aromatic heterocycles. The Labute approximate surface area is 113 Å². The van der Waals surface area contributed by atoms with Gasteiger partial charge in [0.15, 0.2) is 5.75 Å². The summed E-state index contributed by atoms with van der Waals surface area (Å²) in [5.74, 6) is -0.232. The maximum absolute atomic E-state index is 12.7. The van der Waals surface area contributed by atoms with Gasteiger partial charge in [-0.1, -0.05) is 23.2 Å². The van der Waals surface area contributed by atoms with Crippen LogP contribution in [0.25, 0.3) is 0 Å². The van der Waals surface area contributed by atoms with E-state index < -0.39 is 21.2 Å². The van der Waals surface area contributed by atoms with Crippen molar-refractivity contribution in [1.29, 1.82) is 0 Å². The van der Waals surface area contributed by atoms with Crippen LogP contribution in [-0.2, 0) is 10.2 Å². The molecule has 0 atom stereocenters. The molecule has 100 valence electrons. The number of nitrogens with zero attached hydrogens (tertiary/aromatic N) is 1. The largest absolute Gasteiger partial charge is 0.414 e. The van der Waals surface area contributed by atoms with Crippen LogP contribution in [0, 0.1) is 0 Å². The highest BCUT2D eigenvalue weighted by atomic mass is 35.5. The number of ether oxygens (including phenoxy) is 1. The summed E-state index contributed by atoms with van der Waals surface area (Å²) < 4.78 is 38.9. The van der Waals surface area contributed by atoms with Crippen LogP contribution in [0.3, 0.4) is 0 Å². The molecule has 0 N–H and O–H groups in total. The summed E-state index contributed by atoms with van der Waals surface area (Å²) in [5.41, 5.74) is 0. The minimum Gasteiger partial charge on any atom is -0.407 e. The monoisotopic (exact) mass is 315 g/mol. The van der Waals surface area contributed by atoms with Crippen molar-refractivity contribution in [2.75, 3.05) is 14.1 Å². The van der Waals surface area contributed by atoms with Gasteiger partial charge in [0.1, 0.15) is 4.90 Å². The Balaban J connectivity index is 3.22. The summed E-state index contributed by atoms with van der Waals surface area (Å²) in [6, 6.07) is 1.61. The Morgan fingerprint density at radius 3 is 2.06 bits per heavy atom. The third kappa shape index (κ3) is 3.47. The van der Waals surface area contributed by atoms with Gasteiger partial charge in [-0.15, -0.1) is 3.89 Å². The molecular weight excluding hydrogens is 308 g/mol. The fourth-order valence-corrected chi connectivity index (χ4v) is 2.16. The molecule has 0 spiro atoms. The van der Waals surface area contributed by atoms with E-state index in [0.29, 0.717) is 0 Å². The lowest BCUT2D eigenvalue weighted by atomic mass is 10.3. The van der Waals surface area contributed by atoms with Crippen LogP contribution in [0.5, 0.6) is 5.75 Å². The maximum Gasteiger partial charge on any atom is 0.414 e. The summed E-state index contributed by atoms with van der Waals surface area (Å²) in [6.07, 6.45) is -0.755. The van der Waals surface area contributed by atoms with Crippen LogP contribution in [0.2, 0.25) is 10.0 Å². The number of amides is 1. The van der Waals surface area contributed by atoms with E-state index >= 15 is 0 Å². The molecule has 5 nitrogen and oxygen atoms in total. The number of carbonyl (C=O) groups is 1. The van der Waals surface area contributed by atoms with E-state index in [-0.39, 0.29) is 15.8 Å². The van der Waals surface area contributed by atoms with Gasteiger partial charge in [-0.3, -0.25) is 0 Å². The van der Waals surface area contributed by atoms with Gasteiger partial charge < -0.3 is 9.64 Å². The van der Waals surface area contributed by atoms with Crippen LogP contribution in [0.1, 0.15) is 0 Å². The topological polar surface area (TPSA) is 63.7 Å². The molecule has 18 heavy (non-hydrogen) atoms. The first kappa shape index (κ1) is 15.0. The van der Waals surface area contributed by atoms with Gasteiger partial charge in [-0.2, -0.15) is 8.42 Å². The van der Waals surface area contributed by atoms with E-state index in [9.17, 15) is 17.1 Å². The molecule has 0 aliphatic heterocycles. The molecule has 0 heterocycles. The first-order valence-electron chi connectivity index (χ1n) is 4.45. The average Bonchev–Trinajstić information content (AvgIpc) is 2.21. The molecule has 0 bridgehead atoms. The highest BCUT2D eigenvalue weighted by Gasteiger charge is 2.20. The summed E-state index contributed by atoms with van der Waals surface area (Å²) in [5, 5.41) is -0.567.